The molecule has 0 aromatic heterocycles. The van der Waals surface area contributed by atoms with Crippen LogP contribution in [0.1, 0.15) is 50.9 Å². The second kappa shape index (κ2) is 10.0. The molecular weight excluding hydrogens is 382 g/mol. The van der Waals surface area contributed by atoms with Crippen LogP contribution in [-0.2, 0) is 0 Å². The lowest BCUT2D eigenvalue weighted by molar-refractivity contribution is 0.0616. The summed E-state index contributed by atoms with van der Waals surface area (Å²) in [6, 6.07) is 5.60. The van der Waals surface area contributed by atoms with Crippen LogP contribution in [0.15, 0.2) is 18.2 Å². The zero-order valence-electron chi connectivity index (χ0n) is 18.7. The minimum atomic E-state index is -0.0206. The standard InChI is InChI=1S/C23H35N3O4/c1-5-11-29-20-8-7-18(13-21(20)30-12-6-2)22(27)24-9-10-26-19(15-24)16-25(23(26)28)14-17(3)4/h7-8,13,17,19H,5-6,9-12,14-16H2,1-4H3/t19-/m0/s1. The Labute approximate surface area is 179 Å². The summed E-state index contributed by atoms with van der Waals surface area (Å²) >= 11 is 0. The maximum Gasteiger partial charge on any atom is 0.320 e. The first-order chi connectivity index (χ1) is 14.4. The molecule has 7 heteroatoms. The number of carbonyl (C=O) groups excluding carboxylic acids is 2. The Bertz CT molecular complexity index is 752. The second-order valence-corrected chi connectivity index (χ2v) is 8.54. The molecule has 0 N–H and O–H groups in total. The molecule has 7 nitrogen and oxygen atoms in total. The van der Waals surface area contributed by atoms with Crippen LogP contribution in [-0.4, -0.2) is 78.6 Å². The van der Waals surface area contributed by atoms with Crippen molar-refractivity contribution < 1.29 is 19.1 Å². The van der Waals surface area contributed by atoms with Crippen LogP contribution in [0.25, 0.3) is 0 Å². The zero-order valence-corrected chi connectivity index (χ0v) is 18.7. The number of benzene rings is 1. The van der Waals surface area contributed by atoms with Crippen LogP contribution in [0.2, 0.25) is 0 Å². The van der Waals surface area contributed by atoms with E-state index in [9.17, 15) is 9.59 Å². The van der Waals surface area contributed by atoms with E-state index in [0.29, 0.717) is 62.4 Å². The SMILES string of the molecule is CCCOc1ccc(C(=O)N2CCN3C(=O)N(CC(C)C)C[C@@H]3C2)cc1OCCC. The van der Waals surface area contributed by atoms with E-state index < -0.39 is 0 Å². The Hall–Kier alpha value is -2.44. The van der Waals surface area contributed by atoms with E-state index >= 15 is 0 Å². The highest BCUT2D eigenvalue weighted by molar-refractivity contribution is 5.95. The van der Waals surface area contributed by atoms with Gasteiger partial charge in [-0.05, 0) is 37.0 Å². The largest absolute Gasteiger partial charge is 0.490 e. The number of hydrogen-bond acceptors (Lipinski definition) is 4. The quantitative estimate of drug-likeness (QED) is 0.617. The van der Waals surface area contributed by atoms with Gasteiger partial charge in [0, 0.05) is 38.3 Å². The summed E-state index contributed by atoms with van der Waals surface area (Å²) in [6.45, 7) is 12.7. The number of carbonyl (C=O) groups is 2. The van der Waals surface area contributed by atoms with E-state index in [-0.39, 0.29) is 18.0 Å². The molecule has 0 saturated carbocycles. The molecule has 2 aliphatic heterocycles. The molecule has 1 aromatic rings. The number of urea groups is 1. The molecule has 0 spiro atoms. The molecule has 1 aromatic carbocycles. The van der Waals surface area contributed by atoms with Crippen LogP contribution in [0.5, 0.6) is 11.5 Å². The van der Waals surface area contributed by atoms with Crippen LogP contribution in [0.3, 0.4) is 0 Å². The van der Waals surface area contributed by atoms with Crippen molar-refractivity contribution in [2.24, 2.45) is 5.92 Å². The van der Waals surface area contributed by atoms with Gasteiger partial charge >= 0.3 is 6.03 Å². The summed E-state index contributed by atoms with van der Waals surface area (Å²) in [5.41, 5.74) is 0.599. The normalized spacial score (nSPS) is 18.8. The van der Waals surface area contributed by atoms with Gasteiger partial charge in [0.1, 0.15) is 0 Å². The highest BCUT2D eigenvalue weighted by atomic mass is 16.5. The molecule has 2 aliphatic rings. The number of ether oxygens (including phenoxy) is 2. The second-order valence-electron chi connectivity index (χ2n) is 8.54. The van der Waals surface area contributed by atoms with Crippen molar-refractivity contribution in [3.63, 3.8) is 0 Å². The number of piperazine rings is 1. The van der Waals surface area contributed by atoms with Gasteiger partial charge in [-0.3, -0.25) is 4.79 Å². The monoisotopic (exact) mass is 417 g/mol. The van der Waals surface area contributed by atoms with Crippen molar-refractivity contribution in [2.45, 2.75) is 46.6 Å². The van der Waals surface area contributed by atoms with E-state index in [1.165, 1.54) is 0 Å². The van der Waals surface area contributed by atoms with Gasteiger partial charge in [-0.25, -0.2) is 4.79 Å². The summed E-state index contributed by atoms with van der Waals surface area (Å²) in [5.74, 6) is 1.71. The van der Waals surface area contributed by atoms with Gasteiger partial charge in [0.2, 0.25) is 0 Å². The van der Waals surface area contributed by atoms with Gasteiger partial charge in [-0.15, -0.1) is 0 Å². The van der Waals surface area contributed by atoms with Crippen molar-refractivity contribution in [1.82, 2.24) is 14.7 Å². The lowest BCUT2D eigenvalue weighted by Gasteiger charge is -2.36. The zero-order chi connectivity index (χ0) is 21.7. The molecule has 2 heterocycles. The fourth-order valence-corrected chi connectivity index (χ4v) is 4.04. The molecule has 2 saturated heterocycles. The van der Waals surface area contributed by atoms with Gasteiger partial charge in [-0.2, -0.15) is 0 Å². The first kappa shape index (κ1) is 22.2. The molecule has 0 aliphatic carbocycles. The van der Waals surface area contributed by atoms with Gasteiger partial charge in [0.15, 0.2) is 11.5 Å². The predicted octanol–water partition coefficient (Wildman–Crippen LogP) is 3.48. The van der Waals surface area contributed by atoms with Gasteiger partial charge in [0.05, 0.1) is 19.3 Å². The number of amides is 3. The Morgan fingerprint density at radius 2 is 1.77 bits per heavy atom. The summed E-state index contributed by atoms with van der Waals surface area (Å²) in [5, 5.41) is 0. The molecule has 1 atom stereocenters. The Morgan fingerprint density at radius 1 is 1.07 bits per heavy atom. The summed E-state index contributed by atoms with van der Waals surface area (Å²) in [7, 11) is 0. The molecule has 30 heavy (non-hydrogen) atoms. The third kappa shape index (κ3) is 4.99. The van der Waals surface area contributed by atoms with Crippen LogP contribution in [0, 0.1) is 5.92 Å². The first-order valence-electron chi connectivity index (χ1n) is 11.2. The minimum absolute atomic E-state index is 0.0206. The fraction of sp³-hybridized carbons (Fsp3) is 0.652. The summed E-state index contributed by atoms with van der Waals surface area (Å²) in [6.07, 6.45) is 1.79. The molecule has 0 bridgehead atoms. The third-order valence-electron chi connectivity index (χ3n) is 5.42. The van der Waals surface area contributed by atoms with E-state index in [4.69, 9.17) is 9.47 Å². The van der Waals surface area contributed by atoms with Crippen LogP contribution < -0.4 is 9.47 Å². The highest BCUT2D eigenvalue weighted by Gasteiger charge is 2.41. The van der Waals surface area contributed by atoms with E-state index in [2.05, 4.69) is 20.8 Å². The van der Waals surface area contributed by atoms with Crippen molar-refractivity contribution in [3.05, 3.63) is 23.8 Å². The van der Waals surface area contributed by atoms with E-state index in [1.807, 2.05) is 33.8 Å². The van der Waals surface area contributed by atoms with E-state index in [0.717, 1.165) is 19.4 Å². The number of fused-ring (bicyclic) bond motifs is 1. The molecule has 0 unspecified atom stereocenters. The average Bonchev–Trinajstić information content (AvgIpc) is 3.04. The van der Waals surface area contributed by atoms with Gasteiger partial charge < -0.3 is 24.2 Å². The smallest absolute Gasteiger partial charge is 0.320 e. The van der Waals surface area contributed by atoms with Crippen molar-refractivity contribution in [1.29, 1.82) is 0 Å². The summed E-state index contributed by atoms with van der Waals surface area (Å²) in [4.78, 5) is 31.5. The summed E-state index contributed by atoms with van der Waals surface area (Å²) < 4.78 is 11.6. The van der Waals surface area contributed by atoms with Crippen molar-refractivity contribution in [2.75, 3.05) is 45.9 Å². The Balaban J connectivity index is 1.70. The molecule has 166 valence electrons. The topological polar surface area (TPSA) is 62.3 Å². The van der Waals surface area contributed by atoms with Gasteiger partial charge in [0.25, 0.3) is 5.91 Å². The maximum absolute atomic E-state index is 13.2. The predicted molar refractivity (Wildman–Crippen MR) is 116 cm³/mol. The highest BCUT2D eigenvalue weighted by Crippen LogP contribution is 2.30. The van der Waals surface area contributed by atoms with E-state index in [1.54, 1.807) is 6.07 Å². The Kier molecular flexibility index (Phi) is 7.45. The minimum Gasteiger partial charge on any atom is -0.490 e. The number of rotatable bonds is 9. The third-order valence-corrected chi connectivity index (χ3v) is 5.42. The number of nitrogens with zero attached hydrogens (tertiary/aromatic N) is 3. The van der Waals surface area contributed by atoms with Crippen LogP contribution in [0.4, 0.5) is 4.79 Å². The average molecular weight is 418 g/mol. The first-order valence-corrected chi connectivity index (χ1v) is 11.2. The molecule has 3 rings (SSSR count). The molecule has 3 amide bonds. The lowest BCUT2D eigenvalue weighted by atomic mass is 10.1. The lowest BCUT2D eigenvalue weighted by Crippen LogP contribution is -2.53. The molecule has 0 radical (unpaired) electrons. The van der Waals surface area contributed by atoms with Crippen LogP contribution >= 0.6 is 0 Å². The Morgan fingerprint density at radius 3 is 2.43 bits per heavy atom. The van der Waals surface area contributed by atoms with Gasteiger partial charge in [-0.1, -0.05) is 27.7 Å². The maximum atomic E-state index is 13.2. The fourth-order valence-electron chi connectivity index (χ4n) is 4.04. The molecular formula is C23H35N3O4. The molecule has 2 fully saturated rings. The van der Waals surface area contributed by atoms with Crippen molar-refractivity contribution >= 4 is 11.9 Å². The number of hydrogen-bond donors (Lipinski definition) is 0. The van der Waals surface area contributed by atoms with Crippen molar-refractivity contribution in [3.8, 4) is 11.5 Å².